The number of aromatic nitrogens is 1. The summed E-state index contributed by atoms with van der Waals surface area (Å²) in [6.45, 7) is 7.34. The van der Waals surface area contributed by atoms with E-state index in [0.29, 0.717) is 10.8 Å². The molecular weight excluding hydrogens is 289 g/mol. The van der Waals surface area contributed by atoms with Crippen LogP contribution < -0.4 is 10.6 Å². The van der Waals surface area contributed by atoms with Gasteiger partial charge in [-0.1, -0.05) is 6.07 Å². The molecule has 0 saturated heterocycles. The van der Waals surface area contributed by atoms with Gasteiger partial charge < -0.3 is 10.6 Å². The van der Waals surface area contributed by atoms with Gasteiger partial charge in [-0.15, -0.1) is 11.3 Å². The van der Waals surface area contributed by atoms with Crippen LogP contribution in [0.25, 0.3) is 0 Å². The number of carbonyl (C=O) groups excluding carboxylic acids is 1. The minimum Gasteiger partial charge on any atom is -0.372 e. The van der Waals surface area contributed by atoms with Gasteiger partial charge in [-0.25, -0.2) is 9.37 Å². The summed E-state index contributed by atoms with van der Waals surface area (Å²) >= 11 is 1.43. The molecule has 2 rings (SSSR count). The van der Waals surface area contributed by atoms with Crippen LogP contribution in [0.1, 0.15) is 23.1 Å². The molecule has 1 aromatic heterocycles. The van der Waals surface area contributed by atoms with E-state index in [1.54, 1.807) is 19.1 Å². The van der Waals surface area contributed by atoms with Gasteiger partial charge in [0.05, 0.1) is 11.4 Å². The van der Waals surface area contributed by atoms with Crippen LogP contribution in [0.3, 0.4) is 0 Å². The fraction of sp³-hybridized carbons (Fsp3) is 0.333. The van der Waals surface area contributed by atoms with E-state index >= 15 is 0 Å². The molecule has 0 saturated carbocycles. The van der Waals surface area contributed by atoms with E-state index in [-0.39, 0.29) is 11.7 Å². The predicted octanol–water partition coefficient (Wildman–Crippen LogP) is 3.65. The van der Waals surface area contributed by atoms with Gasteiger partial charge >= 0.3 is 0 Å². The topological polar surface area (TPSA) is 54.0 Å². The first-order valence-corrected chi connectivity index (χ1v) is 7.46. The number of thiazole rings is 1. The SMILES string of the molecule is Cc1ccc(N[C@@H](C)C(=O)Nc2nc(C)c(C)s2)c(F)c1. The van der Waals surface area contributed by atoms with Crippen LogP contribution in [0.2, 0.25) is 0 Å². The van der Waals surface area contributed by atoms with Crippen molar-refractivity contribution in [3.63, 3.8) is 0 Å². The molecule has 1 amide bonds. The molecule has 21 heavy (non-hydrogen) atoms. The van der Waals surface area contributed by atoms with Crippen LogP contribution in [0, 0.1) is 26.6 Å². The Morgan fingerprint density at radius 1 is 1.33 bits per heavy atom. The normalized spacial score (nSPS) is 12.0. The summed E-state index contributed by atoms with van der Waals surface area (Å²) in [6, 6.07) is 4.29. The molecule has 0 spiro atoms. The van der Waals surface area contributed by atoms with Crippen molar-refractivity contribution >= 4 is 28.1 Å². The highest BCUT2D eigenvalue weighted by molar-refractivity contribution is 7.15. The third kappa shape index (κ3) is 3.78. The average Bonchev–Trinajstić information content (AvgIpc) is 2.71. The van der Waals surface area contributed by atoms with Gasteiger partial charge in [0.1, 0.15) is 11.9 Å². The standard InChI is InChI=1S/C15H18FN3OS/c1-8-5-6-13(12(16)7-8)17-10(3)14(20)19-15-18-9(2)11(4)21-15/h5-7,10,17H,1-4H3,(H,18,19,20)/t10-/m0/s1. The Labute approximate surface area is 127 Å². The molecule has 4 nitrogen and oxygen atoms in total. The number of hydrogen-bond acceptors (Lipinski definition) is 4. The van der Waals surface area contributed by atoms with E-state index in [1.165, 1.54) is 17.4 Å². The van der Waals surface area contributed by atoms with Crippen LogP contribution in [0.4, 0.5) is 15.2 Å². The Morgan fingerprint density at radius 2 is 2.05 bits per heavy atom. The van der Waals surface area contributed by atoms with Gasteiger partial charge in [-0.2, -0.15) is 0 Å². The lowest BCUT2D eigenvalue weighted by molar-refractivity contribution is -0.116. The highest BCUT2D eigenvalue weighted by Gasteiger charge is 2.16. The zero-order valence-electron chi connectivity index (χ0n) is 12.5. The smallest absolute Gasteiger partial charge is 0.248 e. The molecule has 1 heterocycles. The lowest BCUT2D eigenvalue weighted by atomic mass is 10.2. The molecule has 2 aromatic rings. The second-order valence-electron chi connectivity index (χ2n) is 5.00. The molecule has 0 aliphatic heterocycles. The number of aryl methyl sites for hydroxylation is 3. The maximum Gasteiger partial charge on any atom is 0.248 e. The molecule has 112 valence electrons. The number of nitrogens with zero attached hydrogens (tertiary/aromatic N) is 1. The predicted molar refractivity (Wildman–Crippen MR) is 84.4 cm³/mol. The summed E-state index contributed by atoms with van der Waals surface area (Å²) in [5.74, 6) is -0.612. The van der Waals surface area contributed by atoms with E-state index < -0.39 is 6.04 Å². The van der Waals surface area contributed by atoms with Crippen molar-refractivity contribution in [1.29, 1.82) is 0 Å². The van der Waals surface area contributed by atoms with Crippen LogP contribution in [-0.2, 0) is 4.79 Å². The fourth-order valence-electron chi connectivity index (χ4n) is 1.78. The third-order valence-electron chi connectivity index (χ3n) is 3.15. The number of hydrogen-bond donors (Lipinski definition) is 2. The number of anilines is 2. The molecular formula is C15H18FN3OS. The minimum atomic E-state index is -0.563. The first-order chi connectivity index (χ1) is 9.86. The number of halogens is 1. The minimum absolute atomic E-state index is 0.247. The van der Waals surface area contributed by atoms with Crippen molar-refractivity contribution < 1.29 is 9.18 Å². The summed E-state index contributed by atoms with van der Waals surface area (Å²) in [5.41, 5.74) is 2.05. The van der Waals surface area contributed by atoms with Crippen LogP contribution >= 0.6 is 11.3 Å². The monoisotopic (exact) mass is 307 g/mol. The largest absolute Gasteiger partial charge is 0.372 e. The molecule has 6 heteroatoms. The quantitative estimate of drug-likeness (QED) is 0.906. The van der Waals surface area contributed by atoms with Gasteiger partial charge in [0.2, 0.25) is 5.91 Å². The molecule has 0 aliphatic rings. The molecule has 1 aromatic carbocycles. The summed E-state index contributed by atoms with van der Waals surface area (Å²) in [7, 11) is 0. The Kier molecular flexibility index (Phi) is 4.57. The van der Waals surface area contributed by atoms with Crippen molar-refractivity contribution in [2.45, 2.75) is 33.7 Å². The average molecular weight is 307 g/mol. The highest BCUT2D eigenvalue weighted by atomic mass is 32.1. The van der Waals surface area contributed by atoms with Crippen molar-refractivity contribution in [2.24, 2.45) is 0 Å². The lowest BCUT2D eigenvalue weighted by Gasteiger charge is -2.15. The Bertz CT molecular complexity index is 649. The molecule has 0 unspecified atom stereocenters. The molecule has 0 radical (unpaired) electrons. The number of benzene rings is 1. The van der Waals surface area contributed by atoms with Gasteiger partial charge in [-0.05, 0) is 45.4 Å². The number of nitrogens with one attached hydrogen (secondary N) is 2. The van der Waals surface area contributed by atoms with Crippen molar-refractivity contribution in [3.8, 4) is 0 Å². The second kappa shape index (κ2) is 6.22. The van der Waals surface area contributed by atoms with Crippen LogP contribution in [0.15, 0.2) is 18.2 Å². The van der Waals surface area contributed by atoms with Gasteiger partial charge in [0.25, 0.3) is 0 Å². The van der Waals surface area contributed by atoms with E-state index in [2.05, 4.69) is 15.6 Å². The van der Waals surface area contributed by atoms with E-state index in [0.717, 1.165) is 16.1 Å². The van der Waals surface area contributed by atoms with Crippen molar-refractivity contribution in [1.82, 2.24) is 4.98 Å². The summed E-state index contributed by atoms with van der Waals surface area (Å²) < 4.78 is 13.8. The van der Waals surface area contributed by atoms with Crippen molar-refractivity contribution in [3.05, 3.63) is 40.2 Å². The van der Waals surface area contributed by atoms with Crippen LogP contribution in [-0.4, -0.2) is 16.9 Å². The van der Waals surface area contributed by atoms with Gasteiger partial charge in [-0.3, -0.25) is 4.79 Å². The number of rotatable bonds is 4. The zero-order valence-corrected chi connectivity index (χ0v) is 13.3. The zero-order chi connectivity index (χ0) is 15.6. The van der Waals surface area contributed by atoms with Crippen LogP contribution in [0.5, 0.6) is 0 Å². The molecule has 0 aliphatic carbocycles. The van der Waals surface area contributed by atoms with E-state index in [9.17, 15) is 9.18 Å². The molecule has 0 fully saturated rings. The fourth-order valence-corrected chi connectivity index (χ4v) is 2.59. The summed E-state index contributed by atoms with van der Waals surface area (Å²) in [6.07, 6.45) is 0. The third-order valence-corrected chi connectivity index (χ3v) is 4.14. The van der Waals surface area contributed by atoms with Gasteiger partial charge in [0.15, 0.2) is 5.13 Å². The second-order valence-corrected chi connectivity index (χ2v) is 6.20. The van der Waals surface area contributed by atoms with E-state index in [1.807, 2.05) is 20.8 Å². The highest BCUT2D eigenvalue weighted by Crippen LogP contribution is 2.22. The summed E-state index contributed by atoms with van der Waals surface area (Å²) in [5, 5.41) is 6.17. The number of amides is 1. The summed E-state index contributed by atoms with van der Waals surface area (Å²) in [4.78, 5) is 17.4. The lowest BCUT2D eigenvalue weighted by Crippen LogP contribution is -2.32. The van der Waals surface area contributed by atoms with E-state index in [4.69, 9.17) is 0 Å². The van der Waals surface area contributed by atoms with Crippen molar-refractivity contribution in [2.75, 3.05) is 10.6 Å². The maximum atomic E-state index is 13.8. The molecule has 1 atom stereocenters. The van der Waals surface area contributed by atoms with Gasteiger partial charge in [0, 0.05) is 4.88 Å². The molecule has 2 N–H and O–H groups in total. The first-order valence-electron chi connectivity index (χ1n) is 6.64. The Balaban J connectivity index is 2.02. The first kappa shape index (κ1) is 15.4. The Hall–Kier alpha value is -1.95. The Morgan fingerprint density at radius 3 is 2.62 bits per heavy atom. The molecule has 0 bridgehead atoms. The number of carbonyl (C=O) groups is 1. The maximum absolute atomic E-state index is 13.8.